The van der Waals surface area contributed by atoms with E-state index in [9.17, 15) is 9.59 Å². The van der Waals surface area contributed by atoms with E-state index in [0.29, 0.717) is 18.4 Å². The molecule has 0 aliphatic carbocycles. The molecule has 6 heteroatoms. The fourth-order valence-electron chi connectivity index (χ4n) is 1.52. The van der Waals surface area contributed by atoms with Crippen LogP contribution in [-0.4, -0.2) is 28.0 Å². The van der Waals surface area contributed by atoms with Gasteiger partial charge in [-0.25, -0.2) is 4.98 Å². The summed E-state index contributed by atoms with van der Waals surface area (Å²) in [6, 6.07) is 4.81. The summed E-state index contributed by atoms with van der Waals surface area (Å²) in [5.74, 6) is -1.17. The number of carboxylic acids is 1. The van der Waals surface area contributed by atoms with Gasteiger partial charge in [0.05, 0.1) is 5.56 Å². The average Bonchev–Trinajstić information content (AvgIpc) is 2.38. The summed E-state index contributed by atoms with van der Waals surface area (Å²) in [5.41, 5.74) is 0.634. The van der Waals surface area contributed by atoms with Crippen molar-refractivity contribution in [2.75, 3.05) is 0 Å². The van der Waals surface area contributed by atoms with Gasteiger partial charge in [-0.05, 0) is 31.9 Å². The number of aromatic nitrogens is 1. The molecule has 1 rings (SSSR count). The lowest BCUT2D eigenvalue weighted by molar-refractivity contribution is -0.137. The first-order valence-corrected chi connectivity index (χ1v) is 5.91. The largest absolute Gasteiger partial charge is 0.481 e. The lowest BCUT2D eigenvalue weighted by atomic mass is 10.1. The second-order valence-electron chi connectivity index (χ2n) is 4.20. The Hall–Kier alpha value is -2.42. The summed E-state index contributed by atoms with van der Waals surface area (Å²) in [4.78, 5) is 26.0. The molecule has 1 unspecified atom stereocenters. The summed E-state index contributed by atoms with van der Waals surface area (Å²) in [6.45, 7) is 1.81. The summed E-state index contributed by atoms with van der Waals surface area (Å²) in [6.07, 6.45) is 2.53. The Bertz CT molecular complexity index is 491. The zero-order valence-electron chi connectivity index (χ0n) is 10.6. The Balaban J connectivity index is 2.45. The molecule has 0 saturated heterocycles. The van der Waals surface area contributed by atoms with Gasteiger partial charge in [-0.1, -0.05) is 0 Å². The van der Waals surface area contributed by atoms with Crippen molar-refractivity contribution >= 4 is 11.9 Å². The number of nitrogens with zero attached hydrogens (tertiary/aromatic N) is 2. The quantitative estimate of drug-likeness (QED) is 0.804. The maximum Gasteiger partial charge on any atom is 0.303 e. The molecule has 19 heavy (non-hydrogen) atoms. The molecule has 2 N–H and O–H groups in total. The molecule has 100 valence electrons. The van der Waals surface area contributed by atoms with E-state index < -0.39 is 5.97 Å². The van der Waals surface area contributed by atoms with E-state index in [4.69, 9.17) is 10.4 Å². The molecular weight excluding hydrogens is 246 g/mol. The van der Waals surface area contributed by atoms with Gasteiger partial charge in [0.25, 0.3) is 5.91 Å². The number of nitrogens with one attached hydrogen (secondary N) is 1. The van der Waals surface area contributed by atoms with Gasteiger partial charge in [-0.3, -0.25) is 9.59 Å². The van der Waals surface area contributed by atoms with Crippen LogP contribution in [0.15, 0.2) is 18.3 Å². The lowest BCUT2D eigenvalue weighted by Gasteiger charge is -2.12. The average molecular weight is 261 g/mol. The van der Waals surface area contributed by atoms with Crippen LogP contribution in [0.3, 0.4) is 0 Å². The van der Waals surface area contributed by atoms with Crippen molar-refractivity contribution in [1.82, 2.24) is 10.3 Å². The first kappa shape index (κ1) is 14.6. The number of amides is 1. The van der Waals surface area contributed by atoms with Gasteiger partial charge in [-0.15, -0.1) is 0 Å². The molecule has 1 aromatic rings. The number of carbonyl (C=O) groups excluding carboxylic acids is 1. The van der Waals surface area contributed by atoms with Crippen molar-refractivity contribution in [3.63, 3.8) is 0 Å². The van der Waals surface area contributed by atoms with E-state index in [2.05, 4.69) is 10.3 Å². The number of aliphatic carboxylic acids is 1. The van der Waals surface area contributed by atoms with Crippen LogP contribution >= 0.6 is 0 Å². The normalized spacial score (nSPS) is 11.4. The van der Waals surface area contributed by atoms with Crippen LogP contribution in [0.5, 0.6) is 0 Å². The minimum atomic E-state index is -0.840. The smallest absolute Gasteiger partial charge is 0.303 e. The SMILES string of the molecule is CC(CCCC(=O)O)NC(=O)c1ccc(C#N)cn1. The van der Waals surface area contributed by atoms with Crippen LogP contribution in [0.2, 0.25) is 0 Å². The summed E-state index contributed by atoms with van der Waals surface area (Å²) in [5, 5.41) is 19.9. The van der Waals surface area contributed by atoms with Crippen molar-refractivity contribution in [3.05, 3.63) is 29.6 Å². The fraction of sp³-hybridized carbons (Fsp3) is 0.385. The van der Waals surface area contributed by atoms with Gasteiger partial charge in [0.1, 0.15) is 11.8 Å². The second kappa shape index (κ2) is 7.11. The maximum atomic E-state index is 11.8. The maximum absolute atomic E-state index is 11.8. The zero-order valence-corrected chi connectivity index (χ0v) is 10.6. The van der Waals surface area contributed by atoms with Gasteiger partial charge in [0.2, 0.25) is 0 Å². The van der Waals surface area contributed by atoms with Crippen molar-refractivity contribution in [3.8, 4) is 6.07 Å². The number of hydrogen-bond donors (Lipinski definition) is 2. The van der Waals surface area contributed by atoms with E-state index in [1.165, 1.54) is 18.3 Å². The summed E-state index contributed by atoms with van der Waals surface area (Å²) < 4.78 is 0. The molecule has 0 fully saturated rings. The minimum Gasteiger partial charge on any atom is -0.481 e. The summed E-state index contributed by atoms with van der Waals surface area (Å²) in [7, 11) is 0. The molecule has 0 spiro atoms. The predicted octanol–water partition coefficient (Wildman–Crippen LogP) is 1.33. The van der Waals surface area contributed by atoms with E-state index >= 15 is 0 Å². The van der Waals surface area contributed by atoms with Gasteiger partial charge < -0.3 is 10.4 Å². The topological polar surface area (TPSA) is 103 Å². The van der Waals surface area contributed by atoms with Gasteiger partial charge in [-0.2, -0.15) is 5.26 Å². The van der Waals surface area contributed by atoms with Crippen LogP contribution in [0, 0.1) is 11.3 Å². The molecule has 0 aliphatic heterocycles. The molecular formula is C13H15N3O3. The van der Waals surface area contributed by atoms with Crippen molar-refractivity contribution in [1.29, 1.82) is 5.26 Å². The van der Waals surface area contributed by atoms with E-state index in [1.54, 1.807) is 0 Å². The Labute approximate surface area is 111 Å². The molecule has 1 aromatic heterocycles. The molecule has 0 bridgehead atoms. The van der Waals surface area contributed by atoms with E-state index in [-0.39, 0.29) is 24.1 Å². The van der Waals surface area contributed by atoms with Crippen LogP contribution < -0.4 is 5.32 Å². The standard InChI is InChI=1S/C13H15N3O3/c1-9(3-2-4-12(17)18)16-13(19)11-6-5-10(7-14)8-15-11/h5-6,8-9H,2-4H2,1H3,(H,16,19)(H,17,18). The van der Waals surface area contributed by atoms with Gasteiger partial charge in [0.15, 0.2) is 0 Å². The highest BCUT2D eigenvalue weighted by Gasteiger charge is 2.11. The number of nitriles is 1. The van der Waals surface area contributed by atoms with Crippen molar-refractivity contribution in [2.24, 2.45) is 0 Å². The van der Waals surface area contributed by atoms with Crippen molar-refractivity contribution < 1.29 is 14.7 Å². The highest BCUT2D eigenvalue weighted by atomic mass is 16.4. The first-order chi connectivity index (χ1) is 9.02. The number of hydrogen-bond acceptors (Lipinski definition) is 4. The minimum absolute atomic E-state index is 0.0926. The number of pyridine rings is 1. The predicted molar refractivity (Wildman–Crippen MR) is 67.4 cm³/mol. The Morgan fingerprint density at radius 3 is 2.79 bits per heavy atom. The molecule has 1 atom stereocenters. The fourth-order valence-corrected chi connectivity index (χ4v) is 1.52. The molecule has 0 aromatic carbocycles. The van der Waals surface area contributed by atoms with Gasteiger partial charge >= 0.3 is 5.97 Å². The van der Waals surface area contributed by atoms with Crippen molar-refractivity contribution in [2.45, 2.75) is 32.2 Å². The third-order valence-corrected chi connectivity index (χ3v) is 2.53. The lowest BCUT2D eigenvalue weighted by Crippen LogP contribution is -2.33. The zero-order chi connectivity index (χ0) is 14.3. The highest BCUT2D eigenvalue weighted by Crippen LogP contribution is 2.03. The molecule has 0 radical (unpaired) electrons. The number of rotatable bonds is 6. The molecule has 6 nitrogen and oxygen atoms in total. The highest BCUT2D eigenvalue weighted by molar-refractivity contribution is 5.92. The van der Waals surface area contributed by atoms with E-state index in [0.717, 1.165) is 0 Å². The number of carbonyl (C=O) groups is 2. The molecule has 1 amide bonds. The van der Waals surface area contributed by atoms with E-state index in [1.807, 2.05) is 13.0 Å². The second-order valence-corrected chi connectivity index (χ2v) is 4.20. The summed E-state index contributed by atoms with van der Waals surface area (Å²) >= 11 is 0. The third kappa shape index (κ3) is 5.17. The van der Waals surface area contributed by atoms with Crippen LogP contribution in [0.1, 0.15) is 42.2 Å². The van der Waals surface area contributed by atoms with Gasteiger partial charge in [0, 0.05) is 18.7 Å². The monoisotopic (exact) mass is 261 g/mol. The van der Waals surface area contributed by atoms with Crippen LogP contribution in [0.4, 0.5) is 0 Å². The Morgan fingerprint density at radius 1 is 1.53 bits per heavy atom. The molecule has 1 heterocycles. The van der Waals surface area contributed by atoms with Crippen LogP contribution in [0.25, 0.3) is 0 Å². The van der Waals surface area contributed by atoms with Crippen LogP contribution in [-0.2, 0) is 4.79 Å². The molecule has 0 saturated carbocycles. The third-order valence-electron chi connectivity index (χ3n) is 2.53. The Morgan fingerprint density at radius 2 is 2.26 bits per heavy atom. The first-order valence-electron chi connectivity index (χ1n) is 5.91. The Kier molecular flexibility index (Phi) is 5.48. The number of carboxylic acid groups (broad SMARTS) is 1. The molecule has 0 aliphatic rings.